The Labute approximate surface area is 98.5 Å². The number of ether oxygens (including phenoxy) is 1. The monoisotopic (exact) mass is 241 g/mol. The first kappa shape index (κ1) is 12.5. The van der Waals surface area contributed by atoms with E-state index in [0.717, 1.165) is 5.56 Å². The molecule has 1 rings (SSSR count). The van der Waals surface area contributed by atoms with E-state index in [4.69, 9.17) is 16.3 Å². The number of rotatable bonds is 3. The fourth-order valence-corrected chi connectivity index (χ4v) is 1.40. The van der Waals surface area contributed by atoms with Gasteiger partial charge in [0, 0.05) is 12.6 Å². The molecule has 5 heteroatoms. The summed E-state index contributed by atoms with van der Waals surface area (Å²) in [6, 6.07) is 3.24. The van der Waals surface area contributed by atoms with Gasteiger partial charge in [0.05, 0.1) is 12.1 Å². The van der Waals surface area contributed by atoms with E-state index in [-0.39, 0.29) is 0 Å². The summed E-state index contributed by atoms with van der Waals surface area (Å²) in [6.45, 7) is 2.99. The van der Waals surface area contributed by atoms with E-state index in [0.29, 0.717) is 16.5 Å². The highest BCUT2D eigenvalue weighted by atomic mass is 35.5. The van der Waals surface area contributed by atoms with Crippen LogP contribution in [-0.2, 0) is 9.59 Å². The van der Waals surface area contributed by atoms with Crippen molar-refractivity contribution in [1.82, 2.24) is 0 Å². The molecule has 16 heavy (non-hydrogen) atoms. The molecule has 0 bridgehead atoms. The zero-order chi connectivity index (χ0) is 12.3. The van der Waals surface area contributed by atoms with Crippen LogP contribution >= 0.6 is 11.6 Å². The van der Waals surface area contributed by atoms with Crippen LogP contribution in [0.3, 0.4) is 0 Å². The lowest BCUT2D eigenvalue weighted by molar-refractivity contribution is -0.133. The number of anilines is 1. The van der Waals surface area contributed by atoms with Gasteiger partial charge in [0.15, 0.2) is 0 Å². The minimum absolute atomic E-state index is 0.381. The van der Waals surface area contributed by atoms with Gasteiger partial charge < -0.3 is 10.1 Å². The molecule has 0 aliphatic heterocycles. The van der Waals surface area contributed by atoms with Gasteiger partial charge in [0.25, 0.3) is 5.91 Å². The molecule has 86 valence electrons. The Kier molecular flexibility index (Phi) is 3.90. The number of nitrogens with one attached hydrogen (secondary N) is 1. The lowest BCUT2D eigenvalue weighted by Gasteiger charge is -2.10. The summed E-state index contributed by atoms with van der Waals surface area (Å²) in [5, 5.41) is 2.85. The van der Waals surface area contributed by atoms with Crippen molar-refractivity contribution in [3.63, 3.8) is 0 Å². The maximum absolute atomic E-state index is 11.2. The molecule has 0 aliphatic rings. The Morgan fingerprint density at radius 3 is 2.50 bits per heavy atom. The van der Waals surface area contributed by atoms with Gasteiger partial charge in [0.2, 0.25) is 5.78 Å². The van der Waals surface area contributed by atoms with Crippen LogP contribution in [0.5, 0.6) is 5.75 Å². The molecule has 0 spiro atoms. The first-order chi connectivity index (χ1) is 7.45. The normalized spacial score (nSPS) is 9.75. The number of hydrogen-bond donors (Lipinski definition) is 1. The Bertz CT molecular complexity index is 443. The maximum Gasteiger partial charge on any atom is 0.291 e. The minimum Gasteiger partial charge on any atom is -0.495 e. The number of halogens is 1. The van der Waals surface area contributed by atoms with Crippen molar-refractivity contribution in [3.05, 3.63) is 22.7 Å². The average molecular weight is 242 g/mol. The van der Waals surface area contributed by atoms with Crippen LogP contribution in [0.15, 0.2) is 12.1 Å². The van der Waals surface area contributed by atoms with Gasteiger partial charge >= 0.3 is 0 Å². The minimum atomic E-state index is -0.663. The number of aryl methyl sites for hydroxylation is 1. The molecule has 1 amide bonds. The Balaban J connectivity index is 3.02. The first-order valence-corrected chi connectivity index (χ1v) is 4.99. The van der Waals surface area contributed by atoms with E-state index in [1.807, 2.05) is 0 Å². The molecule has 0 heterocycles. The molecule has 1 N–H and O–H groups in total. The smallest absolute Gasteiger partial charge is 0.291 e. The van der Waals surface area contributed by atoms with Crippen LogP contribution in [0.2, 0.25) is 5.02 Å². The molecule has 0 unspecified atom stereocenters. The summed E-state index contributed by atoms with van der Waals surface area (Å²) < 4.78 is 5.02. The van der Waals surface area contributed by atoms with Gasteiger partial charge in [-0.1, -0.05) is 11.6 Å². The lowest BCUT2D eigenvalue weighted by atomic mass is 10.2. The third-order valence-electron chi connectivity index (χ3n) is 2.07. The lowest BCUT2D eigenvalue weighted by Crippen LogP contribution is -2.20. The Hall–Kier alpha value is -1.55. The standard InChI is InChI=1S/C11H12ClNO3/c1-6-4-10(16-3)8(12)5-9(6)13-11(15)7(2)14/h4-5H,1-3H3,(H,13,15). The predicted octanol–water partition coefficient (Wildman–Crippen LogP) is 2.18. The maximum atomic E-state index is 11.2. The molecule has 0 saturated carbocycles. The first-order valence-electron chi connectivity index (χ1n) is 4.61. The molecule has 0 aliphatic carbocycles. The van der Waals surface area contributed by atoms with Crippen LogP contribution in [0, 0.1) is 6.92 Å². The molecule has 1 aromatic rings. The van der Waals surface area contributed by atoms with Crippen molar-refractivity contribution in [1.29, 1.82) is 0 Å². The number of ketones is 1. The number of carbonyl (C=O) groups is 2. The predicted molar refractivity (Wildman–Crippen MR) is 62.1 cm³/mol. The van der Waals surface area contributed by atoms with E-state index >= 15 is 0 Å². The topological polar surface area (TPSA) is 55.4 Å². The van der Waals surface area contributed by atoms with Crippen molar-refractivity contribution >= 4 is 29.0 Å². The molecular formula is C11H12ClNO3. The Morgan fingerprint density at radius 2 is 2.00 bits per heavy atom. The highest BCUT2D eigenvalue weighted by molar-refractivity contribution is 6.40. The van der Waals surface area contributed by atoms with Crippen molar-refractivity contribution in [2.24, 2.45) is 0 Å². The van der Waals surface area contributed by atoms with Gasteiger partial charge in [-0.15, -0.1) is 0 Å². The molecule has 1 aromatic carbocycles. The molecule has 0 fully saturated rings. The van der Waals surface area contributed by atoms with E-state index in [9.17, 15) is 9.59 Å². The molecule has 0 saturated heterocycles. The third kappa shape index (κ3) is 2.73. The van der Waals surface area contributed by atoms with Crippen molar-refractivity contribution in [3.8, 4) is 5.75 Å². The number of methoxy groups -OCH3 is 1. The van der Waals surface area contributed by atoms with E-state index < -0.39 is 11.7 Å². The zero-order valence-electron chi connectivity index (χ0n) is 9.26. The van der Waals surface area contributed by atoms with Crippen LogP contribution in [0.4, 0.5) is 5.69 Å². The number of amides is 1. The van der Waals surface area contributed by atoms with E-state index in [2.05, 4.69) is 5.32 Å². The highest BCUT2D eigenvalue weighted by Gasteiger charge is 2.11. The zero-order valence-corrected chi connectivity index (χ0v) is 10.0. The molecular weight excluding hydrogens is 230 g/mol. The summed E-state index contributed by atoms with van der Waals surface area (Å²) in [5.41, 5.74) is 1.28. The average Bonchev–Trinajstić information content (AvgIpc) is 2.22. The SMILES string of the molecule is COc1cc(C)c(NC(=O)C(C)=O)cc1Cl. The summed E-state index contributed by atoms with van der Waals surface area (Å²) in [4.78, 5) is 22.0. The number of hydrogen-bond acceptors (Lipinski definition) is 3. The van der Waals surface area contributed by atoms with Gasteiger partial charge in [-0.25, -0.2) is 0 Å². The fraction of sp³-hybridized carbons (Fsp3) is 0.273. The van der Waals surface area contributed by atoms with E-state index in [1.54, 1.807) is 19.1 Å². The second kappa shape index (κ2) is 4.99. The van der Waals surface area contributed by atoms with Gasteiger partial charge in [0.1, 0.15) is 5.75 Å². The van der Waals surface area contributed by atoms with Gasteiger partial charge in [-0.3, -0.25) is 9.59 Å². The van der Waals surface area contributed by atoms with Crippen LogP contribution in [0.1, 0.15) is 12.5 Å². The molecule has 0 aromatic heterocycles. The van der Waals surface area contributed by atoms with Crippen LogP contribution < -0.4 is 10.1 Å². The van der Waals surface area contributed by atoms with Crippen LogP contribution in [-0.4, -0.2) is 18.8 Å². The second-order valence-corrected chi connectivity index (χ2v) is 3.72. The molecule has 4 nitrogen and oxygen atoms in total. The number of Topliss-reactive ketones (excluding diaryl/α,β-unsaturated/α-hetero) is 1. The number of benzene rings is 1. The van der Waals surface area contributed by atoms with Gasteiger partial charge in [-0.2, -0.15) is 0 Å². The Morgan fingerprint density at radius 1 is 1.38 bits per heavy atom. The van der Waals surface area contributed by atoms with Crippen molar-refractivity contribution < 1.29 is 14.3 Å². The van der Waals surface area contributed by atoms with Gasteiger partial charge in [-0.05, 0) is 24.6 Å². The summed E-state index contributed by atoms with van der Waals surface area (Å²) in [6.07, 6.45) is 0. The summed E-state index contributed by atoms with van der Waals surface area (Å²) in [7, 11) is 1.51. The second-order valence-electron chi connectivity index (χ2n) is 3.31. The quantitative estimate of drug-likeness (QED) is 0.826. The summed E-state index contributed by atoms with van der Waals surface area (Å²) >= 11 is 5.90. The van der Waals surface area contributed by atoms with Crippen LogP contribution in [0.25, 0.3) is 0 Å². The van der Waals surface area contributed by atoms with Crippen molar-refractivity contribution in [2.45, 2.75) is 13.8 Å². The third-order valence-corrected chi connectivity index (χ3v) is 2.36. The van der Waals surface area contributed by atoms with E-state index in [1.165, 1.54) is 14.0 Å². The largest absolute Gasteiger partial charge is 0.495 e. The fourth-order valence-electron chi connectivity index (χ4n) is 1.16. The molecule has 0 radical (unpaired) electrons. The summed E-state index contributed by atoms with van der Waals surface area (Å²) in [5.74, 6) is -0.685. The number of carbonyl (C=O) groups excluding carboxylic acids is 2. The molecule has 0 atom stereocenters. The van der Waals surface area contributed by atoms with Crippen molar-refractivity contribution in [2.75, 3.05) is 12.4 Å². The highest BCUT2D eigenvalue weighted by Crippen LogP contribution is 2.30.